The van der Waals surface area contributed by atoms with Crippen LogP contribution in [0.25, 0.3) is 0 Å². The summed E-state index contributed by atoms with van der Waals surface area (Å²) in [6, 6.07) is 3.64. The molecule has 0 saturated carbocycles. The molecule has 0 saturated heterocycles. The van der Waals surface area contributed by atoms with Crippen LogP contribution in [0.2, 0.25) is 0 Å². The predicted molar refractivity (Wildman–Crippen MR) is 68.8 cm³/mol. The van der Waals surface area contributed by atoms with Gasteiger partial charge in [-0.1, -0.05) is 58.4 Å². The van der Waals surface area contributed by atoms with Crippen LogP contribution < -0.4 is 0 Å². The molecule has 0 bridgehead atoms. The van der Waals surface area contributed by atoms with E-state index in [0.29, 0.717) is 0 Å². The minimum atomic E-state index is 0.792. The van der Waals surface area contributed by atoms with Crippen molar-refractivity contribution in [3.05, 3.63) is 22.4 Å². The summed E-state index contributed by atoms with van der Waals surface area (Å²) in [5.74, 6) is 0. The minimum absolute atomic E-state index is 0.792. The lowest BCUT2D eigenvalue weighted by Crippen LogP contribution is -1.73. The molecular weight excluding hydrogens is 204 g/mol. The van der Waals surface area contributed by atoms with Crippen LogP contribution in [0.5, 0.6) is 0 Å². The average Bonchev–Trinajstić information content (AvgIpc) is 2.78. The maximum absolute atomic E-state index is 9.88. The van der Waals surface area contributed by atoms with E-state index >= 15 is 0 Å². The van der Waals surface area contributed by atoms with Crippen molar-refractivity contribution in [2.24, 2.45) is 0 Å². The first-order valence-corrected chi connectivity index (χ1v) is 6.71. The van der Waals surface area contributed by atoms with Crippen LogP contribution >= 0.6 is 11.3 Å². The van der Waals surface area contributed by atoms with Crippen molar-refractivity contribution in [2.75, 3.05) is 0 Å². The molecule has 86 valence electrons. The molecule has 0 aliphatic heterocycles. The zero-order valence-corrected chi connectivity index (χ0v) is 10.7. The molecule has 0 fully saturated rings. The van der Waals surface area contributed by atoms with Crippen molar-refractivity contribution in [2.45, 2.75) is 52.4 Å². The van der Waals surface area contributed by atoms with Gasteiger partial charge in [0.15, 0.2) is 6.29 Å². The van der Waals surface area contributed by atoms with E-state index < -0.39 is 0 Å². The third kappa shape index (κ3) is 9.67. The summed E-state index contributed by atoms with van der Waals surface area (Å²) < 4.78 is 0. The zero-order valence-electron chi connectivity index (χ0n) is 9.87. The standard InChI is InChI=1S/C8H18.C5H4OS/c1-3-5-7-8-6-4-2;6-4-5-2-1-3-7-5/h3-8H2,1-2H3;1-4H. The zero-order chi connectivity index (χ0) is 11.4. The summed E-state index contributed by atoms with van der Waals surface area (Å²) in [5.41, 5.74) is 0. The van der Waals surface area contributed by atoms with Crippen molar-refractivity contribution < 1.29 is 4.79 Å². The SMILES string of the molecule is CCCCCCCC.O=Cc1cccs1. The molecule has 0 amide bonds. The monoisotopic (exact) mass is 226 g/mol. The highest BCUT2D eigenvalue weighted by Crippen LogP contribution is 2.03. The lowest BCUT2D eigenvalue weighted by Gasteiger charge is -1.93. The molecule has 0 unspecified atom stereocenters. The minimum Gasteiger partial charge on any atom is -0.297 e. The number of aldehydes is 1. The number of hydrogen-bond acceptors (Lipinski definition) is 2. The Morgan fingerprint density at radius 1 is 1.13 bits per heavy atom. The van der Waals surface area contributed by atoms with Crippen molar-refractivity contribution in [3.63, 3.8) is 0 Å². The van der Waals surface area contributed by atoms with Crippen molar-refractivity contribution in [1.29, 1.82) is 0 Å². The molecular formula is C13H22OS. The van der Waals surface area contributed by atoms with Crippen LogP contribution in [0.15, 0.2) is 17.5 Å². The van der Waals surface area contributed by atoms with Crippen molar-refractivity contribution in [1.82, 2.24) is 0 Å². The van der Waals surface area contributed by atoms with Gasteiger partial charge in [0.1, 0.15) is 0 Å². The first-order valence-electron chi connectivity index (χ1n) is 5.83. The summed E-state index contributed by atoms with van der Waals surface area (Å²) in [6.07, 6.45) is 9.34. The molecule has 0 N–H and O–H groups in total. The van der Waals surface area contributed by atoms with Gasteiger partial charge in [0.05, 0.1) is 4.88 Å². The van der Waals surface area contributed by atoms with E-state index in [0.717, 1.165) is 11.2 Å². The first-order chi connectivity index (χ1) is 7.35. The third-order valence-electron chi connectivity index (χ3n) is 2.12. The number of carbonyl (C=O) groups is 1. The fraction of sp³-hybridized carbons (Fsp3) is 0.615. The first kappa shape index (κ1) is 14.4. The van der Waals surface area contributed by atoms with E-state index in [1.807, 2.05) is 11.4 Å². The Morgan fingerprint density at radius 2 is 1.73 bits per heavy atom. The highest BCUT2D eigenvalue weighted by atomic mass is 32.1. The van der Waals surface area contributed by atoms with Crippen LogP contribution in [-0.2, 0) is 0 Å². The van der Waals surface area contributed by atoms with E-state index in [-0.39, 0.29) is 0 Å². The number of unbranched alkanes of at least 4 members (excludes halogenated alkanes) is 5. The Balaban J connectivity index is 0.000000262. The molecule has 2 heteroatoms. The van der Waals surface area contributed by atoms with E-state index in [9.17, 15) is 4.79 Å². The van der Waals surface area contributed by atoms with Gasteiger partial charge in [-0.15, -0.1) is 11.3 Å². The van der Waals surface area contributed by atoms with E-state index in [1.54, 1.807) is 6.07 Å². The van der Waals surface area contributed by atoms with Gasteiger partial charge in [0.25, 0.3) is 0 Å². The molecule has 15 heavy (non-hydrogen) atoms. The summed E-state index contributed by atoms with van der Waals surface area (Å²) in [7, 11) is 0. The molecule has 0 atom stereocenters. The van der Waals surface area contributed by atoms with Gasteiger partial charge in [-0.05, 0) is 11.4 Å². The summed E-state index contributed by atoms with van der Waals surface area (Å²) in [6.45, 7) is 4.51. The maximum atomic E-state index is 9.88. The van der Waals surface area contributed by atoms with Crippen LogP contribution in [0.1, 0.15) is 62.0 Å². The normalized spacial score (nSPS) is 9.20. The highest BCUT2D eigenvalue weighted by Gasteiger charge is 1.83. The largest absolute Gasteiger partial charge is 0.297 e. The van der Waals surface area contributed by atoms with E-state index in [1.165, 1.54) is 49.9 Å². The van der Waals surface area contributed by atoms with Gasteiger partial charge in [-0.25, -0.2) is 0 Å². The van der Waals surface area contributed by atoms with Gasteiger partial charge in [0, 0.05) is 0 Å². The van der Waals surface area contributed by atoms with E-state index in [2.05, 4.69) is 13.8 Å². The van der Waals surface area contributed by atoms with Gasteiger partial charge in [-0.3, -0.25) is 4.79 Å². The van der Waals surface area contributed by atoms with Gasteiger partial charge < -0.3 is 0 Å². The molecule has 0 aromatic carbocycles. The lowest BCUT2D eigenvalue weighted by atomic mass is 10.1. The fourth-order valence-corrected chi connectivity index (χ4v) is 1.74. The van der Waals surface area contributed by atoms with Crippen molar-refractivity contribution in [3.8, 4) is 0 Å². The average molecular weight is 226 g/mol. The quantitative estimate of drug-likeness (QED) is 0.496. The Hall–Kier alpha value is -0.630. The molecule has 1 rings (SSSR count). The molecule has 1 aromatic rings. The third-order valence-corrected chi connectivity index (χ3v) is 2.91. The number of carbonyl (C=O) groups excluding carboxylic acids is 1. The predicted octanol–water partition coefficient (Wildman–Crippen LogP) is 4.93. The Labute approximate surface area is 97.5 Å². The maximum Gasteiger partial charge on any atom is 0.159 e. The molecule has 0 radical (unpaired) electrons. The Bertz CT molecular complexity index is 210. The number of rotatable bonds is 6. The summed E-state index contributed by atoms with van der Waals surface area (Å²) in [4.78, 5) is 10.7. The molecule has 0 spiro atoms. The molecule has 1 heterocycles. The highest BCUT2D eigenvalue weighted by molar-refractivity contribution is 7.11. The smallest absolute Gasteiger partial charge is 0.159 e. The van der Waals surface area contributed by atoms with Gasteiger partial charge in [0.2, 0.25) is 0 Å². The second-order valence-electron chi connectivity index (χ2n) is 3.55. The molecule has 0 aliphatic rings. The van der Waals surface area contributed by atoms with Crippen LogP contribution in [0, 0.1) is 0 Å². The fourth-order valence-electron chi connectivity index (χ4n) is 1.21. The van der Waals surface area contributed by atoms with Crippen LogP contribution in [0.4, 0.5) is 0 Å². The lowest BCUT2D eigenvalue weighted by molar-refractivity contribution is 0.112. The summed E-state index contributed by atoms with van der Waals surface area (Å²) in [5, 5.41) is 1.88. The molecule has 1 aromatic heterocycles. The number of thiophene rings is 1. The molecule has 0 aliphatic carbocycles. The summed E-state index contributed by atoms with van der Waals surface area (Å²) >= 11 is 1.45. The van der Waals surface area contributed by atoms with Crippen molar-refractivity contribution >= 4 is 17.6 Å². The Morgan fingerprint density at radius 3 is 2.00 bits per heavy atom. The van der Waals surface area contributed by atoms with Crippen LogP contribution in [0.3, 0.4) is 0 Å². The van der Waals surface area contributed by atoms with Gasteiger partial charge in [-0.2, -0.15) is 0 Å². The van der Waals surface area contributed by atoms with Gasteiger partial charge >= 0.3 is 0 Å². The van der Waals surface area contributed by atoms with E-state index in [4.69, 9.17) is 0 Å². The number of hydrogen-bond donors (Lipinski definition) is 0. The second-order valence-corrected chi connectivity index (χ2v) is 4.53. The molecule has 1 nitrogen and oxygen atoms in total. The Kier molecular flexibility index (Phi) is 11.0. The van der Waals surface area contributed by atoms with Crippen LogP contribution in [-0.4, -0.2) is 6.29 Å². The second kappa shape index (κ2) is 11.4. The topological polar surface area (TPSA) is 17.1 Å².